The number of hydrogen-bond donors (Lipinski definition) is 1. The fraction of sp³-hybridized carbons (Fsp3) is 0.0952. The normalized spacial score (nSPS) is 11.2. The number of rotatable bonds is 1. The van der Waals surface area contributed by atoms with E-state index < -0.39 is 0 Å². The third kappa shape index (κ3) is 2.35. The molecule has 0 atom stereocenters. The maximum absolute atomic E-state index is 11.8. The average molecular weight is 315 g/mol. The lowest BCUT2D eigenvalue weighted by Gasteiger charge is -2.16. The molecule has 0 fully saturated rings. The SMILES string of the molecule is Cc1cc(C)cc(-c2c3ccc(=O)cc-3oc3cc(N)ccc23)c1. The van der Waals surface area contributed by atoms with E-state index in [1.165, 1.54) is 17.2 Å². The number of benzene rings is 3. The number of fused-ring (bicyclic) bond motifs is 2. The lowest BCUT2D eigenvalue weighted by Crippen LogP contribution is -2.00. The van der Waals surface area contributed by atoms with Gasteiger partial charge < -0.3 is 10.2 Å². The molecule has 2 N–H and O–H groups in total. The topological polar surface area (TPSA) is 56.2 Å². The van der Waals surface area contributed by atoms with Gasteiger partial charge in [-0.05, 0) is 43.7 Å². The van der Waals surface area contributed by atoms with Crippen molar-refractivity contribution in [3.05, 3.63) is 75.9 Å². The monoisotopic (exact) mass is 315 g/mol. The summed E-state index contributed by atoms with van der Waals surface area (Å²) in [6, 6.07) is 17.1. The van der Waals surface area contributed by atoms with Gasteiger partial charge >= 0.3 is 0 Å². The summed E-state index contributed by atoms with van der Waals surface area (Å²) in [5.74, 6) is 0.578. The lowest BCUT2D eigenvalue weighted by atomic mass is 9.92. The molecule has 2 aromatic rings. The second kappa shape index (κ2) is 5.24. The molecule has 4 rings (SSSR count). The standard InChI is InChI=1S/C21H17NO2/c1-12-7-13(2)9-14(8-12)21-17-5-3-15(22)10-19(17)24-20-11-16(23)4-6-18(20)21/h3-11H,22H2,1-2H3. The number of nitrogens with two attached hydrogens (primary N) is 1. The van der Waals surface area contributed by atoms with Crippen molar-refractivity contribution in [1.29, 1.82) is 0 Å². The largest absolute Gasteiger partial charge is 0.456 e. The fourth-order valence-corrected chi connectivity index (χ4v) is 3.32. The molecular weight excluding hydrogens is 298 g/mol. The van der Waals surface area contributed by atoms with Crippen molar-refractivity contribution in [2.75, 3.05) is 5.73 Å². The lowest BCUT2D eigenvalue weighted by molar-refractivity contribution is 0.619. The Morgan fingerprint density at radius 1 is 0.875 bits per heavy atom. The summed E-state index contributed by atoms with van der Waals surface area (Å²) in [6.07, 6.45) is 0. The highest BCUT2D eigenvalue weighted by molar-refractivity contribution is 6.02. The highest BCUT2D eigenvalue weighted by atomic mass is 16.3. The first-order valence-corrected chi connectivity index (χ1v) is 7.86. The van der Waals surface area contributed by atoms with Crippen LogP contribution in [0.1, 0.15) is 11.1 Å². The Bertz CT molecular complexity index is 1090. The Balaban J connectivity index is 2.20. The van der Waals surface area contributed by atoms with Crippen LogP contribution in [0, 0.1) is 13.8 Å². The minimum absolute atomic E-state index is 0.0686. The Kier molecular flexibility index (Phi) is 3.17. The van der Waals surface area contributed by atoms with Crippen LogP contribution >= 0.6 is 0 Å². The molecule has 0 amide bonds. The predicted octanol–water partition coefficient (Wildman–Crippen LogP) is 4.76. The Morgan fingerprint density at radius 3 is 2.38 bits per heavy atom. The van der Waals surface area contributed by atoms with Gasteiger partial charge in [0, 0.05) is 34.3 Å². The van der Waals surface area contributed by atoms with Crippen LogP contribution in [0.3, 0.4) is 0 Å². The van der Waals surface area contributed by atoms with Crippen LogP contribution in [-0.2, 0) is 0 Å². The van der Waals surface area contributed by atoms with Crippen LogP contribution in [0.5, 0.6) is 0 Å². The quantitative estimate of drug-likeness (QED) is 0.407. The number of anilines is 1. The molecule has 1 heterocycles. The van der Waals surface area contributed by atoms with E-state index >= 15 is 0 Å². The van der Waals surface area contributed by atoms with Gasteiger partial charge in [-0.15, -0.1) is 0 Å². The van der Waals surface area contributed by atoms with E-state index in [4.69, 9.17) is 10.2 Å². The molecule has 0 bridgehead atoms. The average Bonchev–Trinajstić information content (AvgIpc) is 2.51. The molecule has 0 saturated heterocycles. The molecule has 1 aliphatic carbocycles. The van der Waals surface area contributed by atoms with Crippen molar-refractivity contribution in [2.24, 2.45) is 0 Å². The zero-order chi connectivity index (χ0) is 16.8. The molecule has 1 aliphatic heterocycles. The van der Waals surface area contributed by atoms with Crippen LogP contribution in [0.15, 0.2) is 63.8 Å². The van der Waals surface area contributed by atoms with Crippen molar-refractivity contribution >= 4 is 16.7 Å². The molecule has 3 heteroatoms. The number of nitrogen functional groups attached to an aromatic ring is 1. The van der Waals surface area contributed by atoms with Gasteiger partial charge in [0.15, 0.2) is 5.43 Å². The second-order valence-electron chi connectivity index (χ2n) is 6.27. The van der Waals surface area contributed by atoms with Gasteiger partial charge in [-0.1, -0.05) is 29.3 Å². The molecule has 118 valence electrons. The summed E-state index contributed by atoms with van der Waals surface area (Å²) in [4.78, 5) is 11.8. The van der Waals surface area contributed by atoms with Crippen molar-refractivity contribution in [3.8, 4) is 22.5 Å². The minimum atomic E-state index is -0.0686. The molecule has 0 radical (unpaired) electrons. The summed E-state index contributed by atoms with van der Waals surface area (Å²) >= 11 is 0. The molecule has 24 heavy (non-hydrogen) atoms. The maximum Gasteiger partial charge on any atom is 0.182 e. The van der Waals surface area contributed by atoms with Gasteiger partial charge in [-0.3, -0.25) is 4.79 Å². The summed E-state index contributed by atoms with van der Waals surface area (Å²) in [7, 11) is 0. The molecular formula is C21H17NO2. The van der Waals surface area contributed by atoms with Crippen LogP contribution in [0.25, 0.3) is 33.4 Å². The van der Waals surface area contributed by atoms with E-state index in [0.717, 1.165) is 22.1 Å². The van der Waals surface area contributed by atoms with Gasteiger partial charge in [-0.2, -0.15) is 0 Å². The van der Waals surface area contributed by atoms with Gasteiger partial charge in [0.2, 0.25) is 0 Å². The van der Waals surface area contributed by atoms with Crippen molar-refractivity contribution in [3.63, 3.8) is 0 Å². The second-order valence-corrected chi connectivity index (χ2v) is 6.27. The smallest absolute Gasteiger partial charge is 0.182 e. The van der Waals surface area contributed by atoms with E-state index in [2.05, 4.69) is 32.0 Å². The van der Waals surface area contributed by atoms with Gasteiger partial charge in [-0.25, -0.2) is 0 Å². The highest BCUT2D eigenvalue weighted by Gasteiger charge is 2.17. The highest BCUT2D eigenvalue weighted by Crippen LogP contribution is 2.40. The zero-order valence-electron chi connectivity index (χ0n) is 13.6. The fourth-order valence-electron chi connectivity index (χ4n) is 3.32. The Morgan fingerprint density at radius 2 is 1.62 bits per heavy atom. The van der Waals surface area contributed by atoms with Crippen LogP contribution in [0.2, 0.25) is 0 Å². The Labute approximate surface area is 139 Å². The Hall–Kier alpha value is -3.07. The van der Waals surface area contributed by atoms with Gasteiger partial charge in [0.1, 0.15) is 11.3 Å². The third-order valence-electron chi connectivity index (χ3n) is 4.23. The van der Waals surface area contributed by atoms with Gasteiger partial charge in [0.05, 0.1) is 0 Å². The van der Waals surface area contributed by atoms with E-state index in [0.29, 0.717) is 17.0 Å². The van der Waals surface area contributed by atoms with E-state index in [-0.39, 0.29) is 5.43 Å². The van der Waals surface area contributed by atoms with Crippen molar-refractivity contribution < 1.29 is 4.42 Å². The molecule has 0 unspecified atom stereocenters. The number of aryl methyl sites for hydroxylation is 2. The molecule has 2 aromatic carbocycles. The number of hydrogen-bond acceptors (Lipinski definition) is 3. The van der Waals surface area contributed by atoms with E-state index in [1.54, 1.807) is 12.1 Å². The summed E-state index contributed by atoms with van der Waals surface area (Å²) in [5.41, 5.74) is 12.7. The molecule has 0 saturated carbocycles. The van der Waals surface area contributed by atoms with E-state index in [9.17, 15) is 4.79 Å². The first-order chi connectivity index (χ1) is 11.5. The summed E-state index contributed by atoms with van der Waals surface area (Å²) < 4.78 is 5.95. The van der Waals surface area contributed by atoms with Crippen LogP contribution < -0.4 is 11.2 Å². The summed E-state index contributed by atoms with van der Waals surface area (Å²) in [6.45, 7) is 4.17. The van der Waals surface area contributed by atoms with Gasteiger partial charge in [0.25, 0.3) is 0 Å². The molecule has 3 nitrogen and oxygen atoms in total. The van der Waals surface area contributed by atoms with Crippen LogP contribution in [-0.4, -0.2) is 0 Å². The third-order valence-corrected chi connectivity index (χ3v) is 4.23. The van der Waals surface area contributed by atoms with E-state index in [1.807, 2.05) is 18.2 Å². The predicted molar refractivity (Wildman–Crippen MR) is 98.4 cm³/mol. The molecule has 2 aliphatic rings. The molecule has 0 aromatic heterocycles. The first-order valence-electron chi connectivity index (χ1n) is 7.86. The maximum atomic E-state index is 11.8. The van der Waals surface area contributed by atoms with Crippen molar-refractivity contribution in [1.82, 2.24) is 0 Å². The summed E-state index contributed by atoms with van der Waals surface area (Å²) in [5, 5.41) is 0.986. The van der Waals surface area contributed by atoms with Crippen LogP contribution in [0.4, 0.5) is 5.69 Å². The van der Waals surface area contributed by atoms with Crippen molar-refractivity contribution in [2.45, 2.75) is 13.8 Å². The first kappa shape index (κ1) is 14.5. The zero-order valence-corrected chi connectivity index (χ0v) is 13.6. The molecule has 0 spiro atoms. The minimum Gasteiger partial charge on any atom is -0.456 e.